The molecule has 108 valence electrons. The maximum Gasteiger partial charge on any atom is 0.237 e. The first-order chi connectivity index (χ1) is 10.1. The van der Waals surface area contributed by atoms with Gasteiger partial charge in [-0.1, -0.05) is 24.9 Å². The van der Waals surface area contributed by atoms with Crippen molar-refractivity contribution in [3.05, 3.63) is 28.8 Å². The molecule has 1 aromatic carbocycles. The van der Waals surface area contributed by atoms with Gasteiger partial charge >= 0.3 is 0 Å². The standard InChI is InChI=1S/C16H15ClN2O2/c1-2-9-5-12-13(6-9)16(21)19(15(12)20)14-7-11(17)4-3-10(14)8-18/h3-4,7,9,12-13H,2,5-6H2,1H3. The summed E-state index contributed by atoms with van der Waals surface area (Å²) < 4.78 is 0. The minimum Gasteiger partial charge on any atom is -0.274 e. The fourth-order valence-corrected chi connectivity index (χ4v) is 3.65. The van der Waals surface area contributed by atoms with Gasteiger partial charge in [0.2, 0.25) is 11.8 Å². The fourth-order valence-electron chi connectivity index (χ4n) is 3.48. The normalized spacial score (nSPS) is 27.9. The first kappa shape index (κ1) is 14.1. The van der Waals surface area contributed by atoms with Gasteiger partial charge in [0.25, 0.3) is 0 Å². The molecule has 0 spiro atoms. The van der Waals surface area contributed by atoms with Crippen molar-refractivity contribution in [1.82, 2.24) is 0 Å². The van der Waals surface area contributed by atoms with E-state index in [4.69, 9.17) is 11.6 Å². The molecule has 1 aliphatic carbocycles. The summed E-state index contributed by atoms with van der Waals surface area (Å²) in [6.07, 6.45) is 2.53. The molecule has 2 fully saturated rings. The third-order valence-electron chi connectivity index (χ3n) is 4.63. The molecule has 2 unspecified atom stereocenters. The molecule has 5 heteroatoms. The summed E-state index contributed by atoms with van der Waals surface area (Å²) >= 11 is 5.96. The number of fused-ring (bicyclic) bond motifs is 1. The zero-order chi connectivity index (χ0) is 15.1. The van der Waals surface area contributed by atoms with Crippen LogP contribution in [-0.2, 0) is 9.59 Å². The summed E-state index contributed by atoms with van der Waals surface area (Å²) in [6, 6.07) is 6.67. The number of hydrogen-bond donors (Lipinski definition) is 0. The Bertz CT molecular complexity index is 641. The van der Waals surface area contributed by atoms with Crippen LogP contribution in [0.2, 0.25) is 5.02 Å². The van der Waals surface area contributed by atoms with E-state index < -0.39 is 0 Å². The second-order valence-corrected chi connectivity index (χ2v) is 6.18. The number of nitrogens with zero attached hydrogens (tertiary/aromatic N) is 2. The van der Waals surface area contributed by atoms with Gasteiger partial charge < -0.3 is 0 Å². The molecule has 21 heavy (non-hydrogen) atoms. The molecule has 3 rings (SSSR count). The number of rotatable bonds is 2. The Morgan fingerprint density at radius 1 is 1.29 bits per heavy atom. The average molecular weight is 303 g/mol. The van der Waals surface area contributed by atoms with E-state index >= 15 is 0 Å². The molecule has 0 bridgehead atoms. The summed E-state index contributed by atoms with van der Waals surface area (Å²) in [5.74, 6) is -0.370. The monoisotopic (exact) mass is 302 g/mol. The molecule has 0 radical (unpaired) electrons. The van der Waals surface area contributed by atoms with Gasteiger partial charge in [0.05, 0.1) is 23.1 Å². The Morgan fingerprint density at radius 2 is 1.90 bits per heavy atom. The molecule has 1 aromatic rings. The van der Waals surface area contributed by atoms with Crippen LogP contribution in [0.3, 0.4) is 0 Å². The smallest absolute Gasteiger partial charge is 0.237 e. The lowest BCUT2D eigenvalue weighted by Crippen LogP contribution is -2.32. The van der Waals surface area contributed by atoms with Crippen molar-refractivity contribution < 1.29 is 9.59 Å². The molecule has 1 aliphatic heterocycles. The van der Waals surface area contributed by atoms with Crippen LogP contribution in [0.5, 0.6) is 0 Å². The van der Waals surface area contributed by atoms with E-state index in [0.717, 1.165) is 19.3 Å². The van der Waals surface area contributed by atoms with E-state index in [-0.39, 0.29) is 23.7 Å². The largest absolute Gasteiger partial charge is 0.274 e. The highest BCUT2D eigenvalue weighted by Gasteiger charge is 2.53. The van der Waals surface area contributed by atoms with Crippen LogP contribution in [0.4, 0.5) is 5.69 Å². The fraction of sp³-hybridized carbons (Fsp3) is 0.438. The quantitative estimate of drug-likeness (QED) is 0.789. The molecule has 2 atom stereocenters. The van der Waals surface area contributed by atoms with Crippen LogP contribution < -0.4 is 4.90 Å². The van der Waals surface area contributed by atoms with Crippen molar-refractivity contribution in [2.75, 3.05) is 4.90 Å². The summed E-state index contributed by atoms with van der Waals surface area (Å²) in [4.78, 5) is 26.4. The topological polar surface area (TPSA) is 61.2 Å². The Hall–Kier alpha value is -1.86. The van der Waals surface area contributed by atoms with E-state index in [2.05, 4.69) is 6.92 Å². The maximum absolute atomic E-state index is 12.6. The van der Waals surface area contributed by atoms with Gasteiger partial charge in [0, 0.05) is 5.02 Å². The molecule has 1 heterocycles. The van der Waals surface area contributed by atoms with Crippen LogP contribution in [0.15, 0.2) is 18.2 Å². The summed E-state index contributed by atoms with van der Waals surface area (Å²) in [6.45, 7) is 2.09. The molecule has 1 saturated carbocycles. The van der Waals surface area contributed by atoms with Crippen molar-refractivity contribution in [3.63, 3.8) is 0 Å². The average Bonchev–Trinajstić information content (AvgIpc) is 2.99. The number of hydrogen-bond acceptors (Lipinski definition) is 3. The molecule has 4 nitrogen and oxygen atoms in total. The predicted octanol–water partition coefficient (Wildman–Crippen LogP) is 3.14. The summed E-state index contributed by atoms with van der Waals surface area (Å²) in [7, 11) is 0. The third-order valence-corrected chi connectivity index (χ3v) is 4.87. The lowest BCUT2D eigenvalue weighted by Gasteiger charge is -2.18. The number of halogens is 1. The Morgan fingerprint density at radius 3 is 2.43 bits per heavy atom. The molecule has 0 aromatic heterocycles. The van der Waals surface area contributed by atoms with Crippen LogP contribution in [-0.4, -0.2) is 11.8 Å². The van der Waals surface area contributed by atoms with Gasteiger partial charge in [-0.3, -0.25) is 9.59 Å². The van der Waals surface area contributed by atoms with Gasteiger partial charge in [-0.2, -0.15) is 5.26 Å². The highest BCUT2D eigenvalue weighted by atomic mass is 35.5. The maximum atomic E-state index is 12.6. The van der Waals surface area contributed by atoms with Gasteiger partial charge in [-0.25, -0.2) is 4.90 Å². The SMILES string of the molecule is CCC1CC2C(=O)N(c3cc(Cl)ccc3C#N)C(=O)C2C1. The minimum absolute atomic E-state index is 0.181. The van der Waals surface area contributed by atoms with Crippen LogP contribution in [0.1, 0.15) is 31.7 Å². The van der Waals surface area contributed by atoms with Crippen LogP contribution in [0, 0.1) is 29.1 Å². The van der Waals surface area contributed by atoms with Crippen molar-refractivity contribution >= 4 is 29.1 Å². The van der Waals surface area contributed by atoms with E-state index in [1.165, 1.54) is 11.0 Å². The van der Waals surface area contributed by atoms with E-state index in [9.17, 15) is 14.9 Å². The highest BCUT2D eigenvalue weighted by Crippen LogP contribution is 2.46. The summed E-state index contributed by atoms with van der Waals surface area (Å²) in [5.41, 5.74) is 0.621. The second-order valence-electron chi connectivity index (χ2n) is 5.74. The van der Waals surface area contributed by atoms with Crippen molar-refractivity contribution in [2.24, 2.45) is 17.8 Å². The lowest BCUT2D eigenvalue weighted by atomic mass is 10.00. The van der Waals surface area contributed by atoms with Gasteiger partial charge in [0.15, 0.2) is 0 Å². The highest BCUT2D eigenvalue weighted by molar-refractivity contribution is 6.31. The van der Waals surface area contributed by atoms with Crippen molar-refractivity contribution in [2.45, 2.75) is 26.2 Å². The predicted molar refractivity (Wildman–Crippen MR) is 78.7 cm³/mol. The van der Waals surface area contributed by atoms with Gasteiger partial charge in [0.1, 0.15) is 6.07 Å². The Balaban J connectivity index is 1.99. The number of imide groups is 1. The Kier molecular flexibility index (Phi) is 3.46. The van der Waals surface area contributed by atoms with Crippen LogP contribution >= 0.6 is 11.6 Å². The molecular weight excluding hydrogens is 288 g/mol. The van der Waals surface area contributed by atoms with E-state index in [1.807, 2.05) is 6.07 Å². The second kappa shape index (κ2) is 5.16. The molecular formula is C16H15ClN2O2. The molecule has 0 N–H and O–H groups in total. The van der Waals surface area contributed by atoms with Crippen molar-refractivity contribution in [3.8, 4) is 6.07 Å². The van der Waals surface area contributed by atoms with Crippen LogP contribution in [0.25, 0.3) is 0 Å². The Labute approximate surface area is 128 Å². The van der Waals surface area contributed by atoms with Gasteiger partial charge in [-0.15, -0.1) is 0 Å². The number of carbonyl (C=O) groups is 2. The zero-order valence-electron chi connectivity index (χ0n) is 11.7. The number of carbonyl (C=O) groups excluding carboxylic acids is 2. The lowest BCUT2D eigenvalue weighted by molar-refractivity contribution is -0.123. The third kappa shape index (κ3) is 2.13. The van der Waals surface area contributed by atoms with Gasteiger partial charge in [-0.05, 0) is 37.0 Å². The summed E-state index contributed by atoms with van der Waals surface area (Å²) in [5, 5.41) is 9.59. The first-order valence-corrected chi connectivity index (χ1v) is 7.52. The first-order valence-electron chi connectivity index (χ1n) is 7.14. The van der Waals surface area contributed by atoms with Crippen molar-refractivity contribution in [1.29, 1.82) is 5.26 Å². The molecule has 2 aliphatic rings. The van der Waals surface area contributed by atoms with E-state index in [1.54, 1.807) is 12.1 Å². The number of nitriles is 1. The molecule has 2 amide bonds. The number of amides is 2. The van der Waals surface area contributed by atoms with E-state index in [0.29, 0.717) is 22.2 Å². The number of anilines is 1. The number of benzene rings is 1. The molecule has 1 saturated heterocycles. The minimum atomic E-state index is -0.229. The zero-order valence-corrected chi connectivity index (χ0v) is 12.4.